The summed E-state index contributed by atoms with van der Waals surface area (Å²) in [5.41, 5.74) is -3.19. The van der Waals surface area contributed by atoms with E-state index in [2.05, 4.69) is 9.97 Å². The molecule has 2 rings (SSSR count). The Kier molecular flexibility index (Phi) is 3.31. The van der Waals surface area contributed by atoms with Crippen LogP contribution in [0.2, 0.25) is 0 Å². The van der Waals surface area contributed by atoms with Crippen molar-refractivity contribution < 1.29 is 23.1 Å². The van der Waals surface area contributed by atoms with Gasteiger partial charge < -0.3 is 10.1 Å². The molecular formula is C12H7F3N2O3. The third-order valence-corrected chi connectivity index (χ3v) is 2.52. The minimum atomic E-state index is -4.69. The van der Waals surface area contributed by atoms with Crippen molar-refractivity contribution >= 4 is 5.97 Å². The molecule has 104 valence electrons. The molecule has 0 aromatic carbocycles. The van der Waals surface area contributed by atoms with Crippen LogP contribution in [0, 0.1) is 0 Å². The van der Waals surface area contributed by atoms with Crippen LogP contribution in [0.3, 0.4) is 0 Å². The number of halogens is 3. The van der Waals surface area contributed by atoms with E-state index in [0.29, 0.717) is 6.07 Å². The number of aromatic amines is 1. The van der Waals surface area contributed by atoms with Gasteiger partial charge in [-0.3, -0.25) is 9.78 Å². The van der Waals surface area contributed by atoms with Crippen LogP contribution < -0.4 is 5.56 Å². The van der Waals surface area contributed by atoms with Gasteiger partial charge in [-0.15, -0.1) is 0 Å². The van der Waals surface area contributed by atoms with E-state index in [1.165, 1.54) is 0 Å². The number of pyridine rings is 2. The van der Waals surface area contributed by atoms with Gasteiger partial charge in [-0.1, -0.05) is 0 Å². The fourth-order valence-electron chi connectivity index (χ4n) is 1.69. The lowest BCUT2D eigenvalue weighted by Crippen LogP contribution is -2.14. The predicted molar refractivity (Wildman–Crippen MR) is 62.3 cm³/mol. The summed E-state index contributed by atoms with van der Waals surface area (Å²) in [7, 11) is 0. The molecule has 0 saturated carbocycles. The number of carboxylic acids is 1. The number of nitrogens with zero attached hydrogens (tertiary/aromatic N) is 1. The maximum atomic E-state index is 12.9. The Balaban J connectivity index is 2.76. The maximum Gasteiger partial charge on any atom is 0.418 e. The molecule has 0 aliphatic carbocycles. The average Bonchev–Trinajstić information content (AvgIpc) is 2.37. The molecule has 5 nitrogen and oxygen atoms in total. The van der Waals surface area contributed by atoms with Crippen molar-refractivity contribution in [2.24, 2.45) is 0 Å². The zero-order valence-corrected chi connectivity index (χ0v) is 9.73. The summed E-state index contributed by atoms with van der Waals surface area (Å²) >= 11 is 0. The van der Waals surface area contributed by atoms with E-state index >= 15 is 0 Å². The number of carboxylic acid groups (broad SMARTS) is 1. The molecule has 0 fully saturated rings. The van der Waals surface area contributed by atoms with Crippen LogP contribution >= 0.6 is 0 Å². The number of hydrogen-bond acceptors (Lipinski definition) is 3. The Morgan fingerprint density at radius 1 is 1.35 bits per heavy atom. The zero-order valence-electron chi connectivity index (χ0n) is 9.73. The molecule has 0 unspecified atom stereocenters. The predicted octanol–water partition coefficient (Wildman–Crippen LogP) is 2.15. The topological polar surface area (TPSA) is 83.0 Å². The molecule has 2 aromatic heterocycles. The average molecular weight is 284 g/mol. The number of alkyl halides is 3. The van der Waals surface area contributed by atoms with Gasteiger partial charge in [-0.05, 0) is 12.1 Å². The molecule has 8 heteroatoms. The highest BCUT2D eigenvalue weighted by Crippen LogP contribution is 2.36. The fraction of sp³-hybridized carbons (Fsp3) is 0.0833. The van der Waals surface area contributed by atoms with Crippen molar-refractivity contribution in [1.29, 1.82) is 0 Å². The van der Waals surface area contributed by atoms with E-state index < -0.39 is 34.5 Å². The summed E-state index contributed by atoms with van der Waals surface area (Å²) in [6, 6.07) is 2.60. The summed E-state index contributed by atoms with van der Waals surface area (Å²) in [6.07, 6.45) is -2.67. The summed E-state index contributed by atoms with van der Waals surface area (Å²) in [4.78, 5) is 27.9. The highest BCUT2D eigenvalue weighted by molar-refractivity contribution is 5.95. The summed E-state index contributed by atoms with van der Waals surface area (Å²) in [6.45, 7) is 0. The lowest BCUT2D eigenvalue weighted by molar-refractivity contribution is -0.137. The normalized spacial score (nSPS) is 11.3. The van der Waals surface area contributed by atoms with Crippen LogP contribution in [0.1, 0.15) is 15.9 Å². The lowest BCUT2D eigenvalue weighted by Gasteiger charge is -2.12. The van der Waals surface area contributed by atoms with Gasteiger partial charge in [0.05, 0.1) is 16.8 Å². The van der Waals surface area contributed by atoms with Crippen molar-refractivity contribution in [3.05, 3.63) is 52.1 Å². The monoisotopic (exact) mass is 284 g/mol. The van der Waals surface area contributed by atoms with Gasteiger partial charge in [0.2, 0.25) is 5.56 Å². The van der Waals surface area contributed by atoms with E-state index in [1.807, 2.05) is 0 Å². The van der Waals surface area contributed by atoms with Gasteiger partial charge in [0, 0.05) is 24.0 Å². The third kappa shape index (κ3) is 2.53. The molecule has 0 radical (unpaired) electrons. The zero-order chi connectivity index (χ0) is 14.9. The van der Waals surface area contributed by atoms with Gasteiger partial charge in [0.25, 0.3) is 0 Å². The van der Waals surface area contributed by atoms with Gasteiger partial charge in [0.1, 0.15) is 0 Å². The highest BCUT2D eigenvalue weighted by Gasteiger charge is 2.35. The molecule has 2 N–H and O–H groups in total. The van der Waals surface area contributed by atoms with Crippen LogP contribution in [0.5, 0.6) is 0 Å². The molecule has 0 amide bonds. The molecule has 2 heterocycles. The molecular weight excluding hydrogens is 277 g/mol. The summed E-state index contributed by atoms with van der Waals surface area (Å²) in [5.74, 6) is -1.51. The van der Waals surface area contributed by atoms with Gasteiger partial charge in [-0.2, -0.15) is 13.2 Å². The van der Waals surface area contributed by atoms with E-state index in [9.17, 15) is 22.8 Å². The minimum absolute atomic E-state index is 0.301. The number of carbonyl (C=O) groups is 1. The first-order valence-electron chi connectivity index (χ1n) is 5.29. The Bertz CT molecular complexity index is 722. The number of aromatic carboxylic acids is 1. The molecule has 0 spiro atoms. The summed E-state index contributed by atoms with van der Waals surface area (Å²) < 4.78 is 38.7. The second-order valence-electron chi connectivity index (χ2n) is 3.83. The minimum Gasteiger partial charge on any atom is -0.478 e. The van der Waals surface area contributed by atoms with Crippen molar-refractivity contribution in [2.75, 3.05) is 0 Å². The first-order chi connectivity index (χ1) is 9.30. The molecule has 0 atom stereocenters. The van der Waals surface area contributed by atoms with E-state index in [0.717, 1.165) is 24.5 Å². The van der Waals surface area contributed by atoms with Crippen molar-refractivity contribution in [2.45, 2.75) is 6.18 Å². The molecule has 0 aliphatic rings. The Labute approximate surface area is 109 Å². The number of aromatic nitrogens is 2. The second kappa shape index (κ2) is 4.80. The highest BCUT2D eigenvalue weighted by atomic mass is 19.4. The number of nitrogens with one attached hydrogen (secondary N) is 1. The van der Waals surface area contributed by atoms with Crippen LogP contribution in [-0.2, 0) is 6.18 Å². The van der Waals surface area contributed by atoms with Crippen molar-refractivity contribution in [3.63, 3.8) is 0 Å². The van der Waals surface area contributed by atoms with Gasteiger partial charge >= 0.3 is 12.1 Å². The van der Waals surface area contributed by atoms with Crippen LogP contribution in [0.15, 0.2) is 35.4 Å². The van der Waals surface area contributed by atoms with Crippen molar-refractivity contribution in [1.82, 2.24) is 9.97 Å². The summed E-state index contributed by atoms with van der Waals surface area (Å²) in [5, 5.41) is 8.98. The van der Waals surface area contributed by atoms with Gasteiger partial charge in [-0.25, -0.2) is 4.79 Å². The van der Waals surface area contributed by atoms with Crippen LogP contribution in [-0.4, -0.2) is 21.0 Å². The fourth-order valence-corrected chi connectivity index (χ4v) is 1.69. The molecule has 20 heavy (non-hydrogen) atoms. The Morgan fingerprint density at radius 3 is 2.65 bits per heavy atom. The van der Waals surface area contributed by atoms with E-state index in [1.54, 1.807) is 0 Å². The second-order valence-corrected chi connectivity index (χ2v) is 3.83. The van der Waals surface area contributed by atoms with E-state index in [-0.39, 0.29) is 5.56 Å². The molecule has 0 aliphatic heterocycles. The molecule has 0 bridgehead atoms. The molecule has 2 aromatic rings. The third-order valence-electron chi connectivity index (χ3n) is 2.52. The standard InChI is InChI=1S/C12H7F3N2O3/c13-12(14,15)8-2-1-3-16-10(8)7-5-17-9(18)4-6(7)11(19)20/h1-5H,(H,17,18)(H,19,20). The van der Waals surface area contributed by atoms with E-state index in [4.69, 9.17) is 5.11 Å². The Hall–Kier alpha value is -2.64. The smallest absolute Gasteiger partial charge is 0.418 e. The number of hydrogen-bond donors (Lipinski definition) is 2. The first-order valence-corrected chi connectivity index (χ1v) is 5.29. The van der Waals surface area contributed by atoms with Gasteiger partial charge in [0.15, 0.2) is 0 Å². The van der Waals surface area contributed by atoms with Crippen molar-refractivity contribution in [3.8, 4) is 11.3 Å². The van der Waals surface area contributed by atoms with Crippen LogP contribution in [0.25, 0.3) is 11.3 Å². The quantitative estimate of drug-likeness (QED) is 0.885. The maximum absolute atomic E-state index is 12.9. The first kappa shape index (κ1) is 13.8. The largest absolute Gasteiger partial charge is 0.478 e. The lowest BCUT2D eigenvalue weighted by atomic mass is 10.0. The SMILES string of the molecule is O=C(O)c1cc(=O)[nH]cc1-c1ncccc1C(F)(F)F. The number of rotatable bonds is 2. The molecule has 0 saturated heterocycles. The van der Waals surface area contributed by atoms with Crippen LogP contribution in [0.4, 0.5) is 13.2 Å². The Morgan fingerprint density at radius 2 is 2.05 bits per heavy atom. The number of H-pyrrole nitrogens is 1.